The van der Waals surface area contributed by atoms with Crippen molar-refractivity contribution in [3.8, 4) is 0 Å². The third-order valence-corrected chi connectivity index (χ3v) is 4.49. The molecule has 11 heteroatoms. The van der Waals surface area contributed by atoms with Crippen molar-refractivity contribution in [3.05, 3.63) is 64.0 Å². The zero-order valence-corrected chi connectivity index (χ0v) is 15.9. The zero-order chi connectivity index (χ0) is 21.6. The molecule has 0 spiro atoms. The lowest BCUT2D eigenvalue weighted by Crippen LogP contribution is -2.37. The number of hydrogen-bond acceptors (Lipinski definition) is 5. The van der Waals surface area contributed by atoms with Gasteiger partial charge in [-0.1, -0.05) is 12.1 Å². The summed E-state index contributed by atoms with van der Waals surface area (Å²) in [5.41, 5.74) is -0.171. The molecule has 0 bridgehead atoms. The van der Waals surface area contributed by atoms with Crippen molar-refractivity contribution in [2.45, 2.75) is 32.6 Å². The van der Waals surface area contributed by atoms with Crippen LogP contribution in [0.4, 0.5) is 13.2 Å². The summed E-state index contributed by atoms with van der Waals surface area (Å²) >= 11 is 0. The molecule has 1 N–H and O–H groups in total. The van der Waals surface area contributed by atoms with Gasteiger partial charge in [0.1, 0.15) is 5.69 Å². The van der Waals surface area contributed by atoms with Crippen LogP contribution >= 0.6 is 0 Å². The Morgan fingerprint density at radius 3 is 2.73 bits per heavy atom. The molecule has 0 aliphatic rings. The lowest BCUT2D eigenvalue weighted by Gasteiger charge is -2.13. The molecular formula is C19H16F3N5O3. The standard InChI is InChI=1S/C19H16F3N5O3/c1-10-7-15(19(20,21)22)27-16(23-10)8-12(25-27)17(28)24-11(2)9-26-13-5-3-4-6-14(13)30-18(26)29/h3-8,11H,9H2,1-2H3,(H,24,28)/t11-/m1/s1. The van der Waals surface area contributed by atoms with Crippen molar-refractivity contribution >= 4 is 22.7 Å². The van der Waals surface area contributed by atoms with Gasteiger partial charge in [-0.2, -0.15) is 18.3 Å². The van der Waals surface area contributed by atoms with E-state index < -0.39 is 29.6 Å². The molecule has 156 valence electrons. The van der Waals surface area contributed by atoms with Gasteiger partial charge in [0.05, 0.1) is 5.52 Å². The van der Waals surface area contributed by atoms with Gasteiger partial charge in [-0.25, -0.2) is 14.3 Å². The molecule has 4 rings (SSSR count). The lowest BCUT2D eigenvalue weighted by atomic mass is 10.2. The molecule has 1 amide bonds. The fourth-order valence-corrected chi connectivity index (χ4v) is 3.22. The quantitative estimate of drug-likeness (QED) is 0.549. The second kappa shape index (κ2) is 7.01. The fraction of sp³-hybridized carbons (Fsp3) is 0.263. The predicted molar refractivity (Wildman–Crippen MR) is 100 cm³/mol. The molecule has 30 heavy (non-hydrogen) atoms. The highest BCUT2D eigenvalue weighted by Crippen LogP contribution is 2.29. The number of aryl methyl sites for hydroxylation is 1. The van der Waals surface area contributed by atoms with Gasteiger partial charge < -0.3 is 9.73 Å². The number of alkyl halides is 3. The summed E-state index contributed by atoms with van der Waals surface area (Å²) in [6, 6.07) is 8.36. The highest BCUT2D eigenvalue weighted by Gasteiger charge is 2.35. The Balaban J connectivity index is 1.58. The van der Waals surface area contributed by atoms with Gasteiger partial charge in [0.25, 0.3) is 5.91 Å². The fourth-order valence-electron chi connectivity index (χ4n) is 3.22. The van der Waals surface area contributed by atoms with Crippen LogP contribution in [0.3, 0.4) is 0 Å². The van der Waals surface area contributed by atoms with Crippen LogP contribution in [0.5, 0.6) is 0 Å². The van der Waals surface area contributed by atoms with E-state index in [1.54, 1.807) is 31.2 Å². The third-order valence-electron chi connectivity index (χ3n) is 4.49. The number of carbonyl (C=O) groups is 1. The maximum absolute atomic E-state index is 13.3. The molecule has 0 saturated carbocycles. The van der Waals surface area contributed by atoms with Gasteiger partial charge in [-0.15, -0.1) is 0 Å². The van der Waals surface area contributed by atoms with E-state index in [0.717, 1.165) is 6.07 Å². The molecule has 1 atom stereocenters. The third kappa shape index (κ3) is 3.53. The predicted octanol–water partition coefficient (Wildman–Crippen LogP) is 2.78. The molecule has 1 aromatic carbocycles. The minimum absolute atomic E-state index is 0.0859. The summed E-state index contributed by atoms with van der Waals surface area (Å²) in [6.07, 6.45) is -4.65. The Morgan fingerprint density at radius 1 is 1.27 bits per heavy atom. The molecule has 0 aliphatic heterocycles. The van der Waals surface area contributed by atoms with E-state index in [9.17, 15) is 22.8 Å². The highest BCUT2D eigenvalue weighted by atomic mass is 19.4. The van der Waals surface area contributed by atoms with E-state index in [2.05, 4.69) is 15.4 Å². The number of rotatable bonds is 4. The Morgan fingerprint density at radius 2 is 2.00 bits per heavy atom. The minimum atomic E-state index is -4.65. The number of para-hydroxylation sites is 2. The first-order chi connectivity index (χ1) is 14.1. The summed E-state index contributed by atoms with van der Waals surface area (Å²) in [4.78, 5) is 28.6. The van der Waals surface area contributed by atoms with Gasteiger partial charge >= 0.3 is 11.9 Å². The first kappa shape index (κ1) is 19.7. The number of nitrogens with zero attached hydrogens (tertiary/aromatic N) is 4. The van der Waals surface area contributed by atoms with Gasteiger partial charge in [0.2, 0.25) is 0 Å². The van der Waals surface area contributed by atoms with Crippen LogP contribution in [0.1, 0.15) is 28.8 Å². The maximum Gasteiger partial charge on any atom is 0.433 e. The van der Waals surface area contributed by atoms with E-state index >= 15 is 0 Å². The smallest absolute Gasteiger partial charge is 0.408 e. The van der Waals surface area contributed by atoms with Gasteiger partial charge in [-0.3, -0.25) is 9.36 Å². The minimum Gasteiger partial charge on any atom is -0.408 e. The van der Waals surface area contributed by atoms with E-state index in [1.807, 2.05) is 0 Å². The molecule has 0 aliphatic carbocycles. The zero-order valence-electron chi connectivity index (χ0n) is 15.9. The van der Waals surface area contributed by atoms with Crippen molar-refractivity contribution in [3.63, 3.8) is 0 Å². The number of hydrogen-bond donors (Lipinski definition) is 1. The van der Waals surface area contributed by atoms with E-state index in [0.29, 0.717) is 15.6 Å². The first-order valence-electron chi connectivity index (χ1n) is 8.97. The Labute approximate surface area is 166 Å². The van der Waals surface area contributed by atoms with Crippen molar-refractivity contribution in [1.29, 1.82) is 0 Å². The van der Waals surface area contributed by atoms with Crippen LogP contribution < -0.4 is 11.1 Å². The van der Waals surface area contributed by atoms with Crippen molar-refractivity contribution in [2.75, 3.05) is 0 Å². The van der Waals surface area contributed by atoms with Gasteiger partial charge in [-0.05, 0) is 32.0 Å². The summed E-state index contributed by atoms with van der Waals surface area (Å²) in [5, 5.41) is 6.41. The average molecular weight is 419 g/mol. The van der Waals surface area contributed by atoms with Crippen LogP contribution in [0.25, 0.3) is 16.7 Å². The van der Waals surface area contributed by atoms with E-state index in [4.69, 9.17) is 4.42 Å². The van der Waals surface area contributed by atoms with Crippen LogP contribution in [0, 0.1) is 6.92 Å². The highest BCUT2D eigenvalue weighted by molar-refractivity contribution is 5.93. The molecule has 0 saturated heterocycles. The molecule has 0 fully saturated rings. The second-order valence-corrected chi connectivity index (χ2v) is 6.90. The van der Waals surface area contributed by atoms with Gasteiger partial charge in [0, 0.05) is 24.3 Å². The maximum atomic E-state index is 13.3. The van der Waals surface area contributed by atoms with Crippen LogP contribution in [-0.2, 0) is 12.7 Å². The summed E-state index contributed by atoms with van der Waals surface area (Å²) < 4.78 is 46.9. The summed E-state index contributed by atoms with van der Waals surface area (Å²) in [7, 11) is 0. The van der Waals surface area contributed by atoms with Crippen LogP contribution in [0.15, 0.2) is 45.6 Å². The largest absolute Gasteiger partial charge is 0.433 e. The number of amides is 1. The summed E-state index contributed by atoms with van der Waals surface area (Å²) in [5.74, 6) is -1.25. The van der Waals surface area contributed by atoms with Crippen molar-refractivity contribution < 1.29 is 22.4 Å². The van der Waals surface area contributed by atoms with E-state index in [-0.39, 0.29) is 23.6 Å². The number of halogens is 3. The van der Waals surface area contributed by atoms with Crippen LogP contribution in [0.2, 0.25) is 0 Å². The average Bonchev–Trinajstić information content (AvgIpc) is 3.21. The van der Waals surface area contributed by atoms with Gasteiger partial charge in [0.15, 0.2) is 16.9 Å². The number of aromatic nitrogens is 4. The normalized spacial score (nSPS) is 13.1. The Bertz CT molecular complexity index is 1320. The Kier molecular flexibility index (Phi) is 4.60. The first-order valence-corrected chi connectivity index (χ1v) is 8.97. The number of carbonyl (C=O) groups excluding carboxylic acids is 1. The SMILES string of the molecule is Cc1cc(C(F)(F)F)n2nc(C(=O)N[C@H](C)Cn3c(=O)oc4ccccc43)cc2n1. The second-order valence-electron chi connectivity index (χ2n) is 6.90. The number of oxazole rings is 1. The molecule has 4 aromatic rings. The number of nitrogens with one attached hydrogen (secondary N) is 1. The van der Waals surface area contributed by atoms with Crippen LogP contribution in [-0.4, -0.2) is 31.1 Å². The topological polar surface area (TPSA) is 94.4 Å². The summed E-state index contributed by atoms with van der Waals surface area (Å²) in [6.45, 7) is 3.20. The van der Waals surface area contributed by atoms with Crippen molar-refractivity contribution in [1.82, 2.24) is 24.5 Å². The molecule has 3 aromatic heterocycles. The monoisotopic (exact) mass is 419 g/mol. The lowest BCUT2D eigenvalue weighted by molar-refractivity contribution is -0.142. The van der Waals surface area contributed by atoms with E-state index in [1.165, 1.54) is 17.6 Å². The molecule has 8 nitrogen and oxygen atoms in total. The molecular weight excluding hydrogens is 403 g/mol. The molecule has 0 radical (unpaired) electrons. The molecule has 0 unspecified atom stereocenters. The number of fused-ring (bicyclic) bond motifs is 2. The van der Waals surface area contributed by atoms with Crippen molar-refractivity contribution in [2.24, 2.45) is 0 Å². The molecule has 3 heterocycles. The number of benzene rings is 1. The Hall–Kier alpha value is -3.63.